The van der Waals surface area contributed by atoms with Gasteiger partial charge in [-0.3, -0.25) is 4.72 Å². The highest BCUT2D eigenvalue weighted by atomic mass is 32.2. The number of benzene rings is 2. The van der Waals surface area contributed by atoms with Gasteiger partial charge >= 0.3 is 5.97 Å². The molecule has 6 nitrogen and oxygen atoms in total. The van der Waals surface area contributed by atoms with E-state index in [-0.39, 0.29) is 16.2 Å². The van der Waals surface area contributed by atoms with Gasteiger partial charge in [0.25, 0.3) is 10.0 Å². The number of nitrogens with one attached hydrogen (secondary N) is 1. The van der Waals surface area contributed by atoms with Crippen molar-refractivity contribution in [3.05, 3.63) is 53.6 Å². The first kappa shape index (κ1) is 16.8. The molecular formula is C16H17NO5S. The quantitative estimate of drug-likeness (QED) is 0.849. The predicted molar refractivity (Wildman–Crippen MR) is 86.3 cm³/mol. The van der Waals surface area contributed by atoms with Crippen molar-refractivity contribution in [2.75, 3.05) is 18.9 Å². The minimum atomic E-state index is -3.92. The van der Waals surface area contributed by atoms with Gasteiger partial charge in [-0.25, -0.2) is 13.2 Å². The number of hydrogen-bond donors (Lipinski definition) is 1. The molecule has 23 heavy (non-hydrogen) atoms. The molecular weight excluding hydrogens is 318 g/mol. The maximum Gasteiger partial charge on any atom is 0.337 e. The van der Waals surface area contributed by atoms with Crippen LogP contribution in [0, 0.1) is 6.92 Å². The lowest BCUT2D eigenvalue weighted by Gasteiger charge is -2.13. The molecule has 1 N–H and O–H groups in total. The first-order chi connectivity index (χ1) is 10.9. The van der Waals surface area contributed by atoms with E-state index in [9.17, 15) is 13.2 Å². The van der Waals surface area contributed by atoms with Crippen molar-refractivity contribution in [3.63, 3.8) is 0 Å². The Labute approximate surface area is 135 Å². The number of ether oxygens (including phenoxy) is 2. The fraction of sp³-hybridized carbons (Fsp3) is 0.188. The zero-order valence-electron chi connectivity index (χ0n) is 13.0. The summed E-state index contributed by atoms with van der Waals surface area (Å²) in [6.07, 6.45) is 0. The number of methoxy groups -OCH3 is 2. The molecule has 0 aliphatic heterocycles. The SMILES string of the molecule is COC(=O)c1ccc(OC)c(S(=O)(=O)Nc2ccc(C)cc2)c1. The van der Waals surface area contributed by atoms with Crippen molar-refractivity contribution >= 4 is 21.7 Å². The molecule has 122 valence electrons. The van der Waals surface area contributed by atoms with Gasteiger partial charge in [-0.05, 0) is 37.3 Å². The third-order valence-electron chi connectivity index (χ3n) is 3.18. The molecule has 0 heterocycles. The van der Waals surface area contributed by atoms with Gasteiger partial charge in [0.2, 0.25) is 0 Å². The molecule has 2 aromatic carbocycles. The van der Waals surface area contributed by atoms with Crippen LogP contribution in [0.3, 0.4) is 0 Å². The summed E-state index contributed by atoms with van der Waals surface area (Å²) < 4.78 is 37.3. The third kappa shape index (κ3) is 3.81. The van der Waals surface area contributed by atoms with Crippen LogP contribution in [0.4, 0.5) is 5.69 Å². The van der Waals surface area contributed by atoms with Gasteiger partial charge in [0.1, 0.15) is 10.6 Å². The van der Waals surface area contributed by atoms with E-state index in [1.807, 2.05) is 6.92 Å². The van der Waals surface area contributed by atoms with Gasteiger partial charge < -0.3 is 9.47 Å². The summed E-state index contributed by atoms with van der Waals surface area (Å²) in [5, 5.41) is 0. The molecule has 0 aliphatic carbocycles. The molecule has 0 aliphatic rings. The van der Waals surface area contributed by atoms with E-state index in [2.05, 4.69) is 9.46 Å². The van der Waals surface area contributed by atoms with Crippen molar-refractivity contribution in [3.8, 4) is 5.75 Å². The fourth-order valence-corrected chi connectivity index (χ4v) is 3.22. The van der Waals surface area contributed by atoms with E-state index in [1.165, 1.54) is 32.4 Å². The second-order valence-corrected chi connectivity index (χ2v) is 6.48. The maximum absolute atomic E-state index is 12.6. The summed E-state index contributed by atoms with van der Waals surface area (Å²) in [4.78, 5) is 11.5. The van der Waals surface area contributed by atoms with Crippen molar-refractivity contribution < 1.29 is 22.7 Å². The second-order valence-electron chi connectivity index (χ2n) is 4.83. The number of carbonyl (C=O) groups is 1. The molecule has 0 radical (unpaired) electrons. The van der Waals surface area contributed by atoms with Gasteiger partial charge in [0, 0.05) is 5.69 Å². The Morgan fingerprint density at radius 2 is 1.70 bits per heavy atom. The van der Waals surface area contributed by atoms with Crippen LogP contribution in [0.2, 0.25) is 0 Å². The summed E-state index contributed by atoms with van der Waals surface area (Å²) in [6, 6.07) is 11.0. The minimum absolute atomic E-state index is 0.123. The molecule has 0 fully saturated rings. The van der Waals surface area contributed by atoms with Crippen LogP contribution in [0.5, 0.6) is 5.75 Å². The van der Waals surface area contributed by atoms with E-state index < -0.39 is 16.0 Å². The van der Waals surface area contributed by atoms with Crippen molar-refractivity contribution in [1.82, 2.24) is 0 Å². The minimum Gasteiger partial charge on any atom is -0.495 e. The largest absolute Gasteiger partial charge is 0.495 e. The zero-order valence-corrected chi connectivity index (χ0v) is 13.8. The summed E-state index contributed by atoms with van der Waals surface area (Å²) in [7, 11) is -1.33. The number of sulfonamides is 1. The predicted octanol–water partition coefficient (Wildman–Crippen LogP) is 2.59. The second kappa shape index (κ2) is 6.70. The first-order valence-electron chi connectivity index (χ1n) is 6.73. The molecule has 2 aromatic rings. The van der Waals surface area contributed by atoms with Crippen LogP contribution in [0.1, 0.15) is 15.9 Å². The average molecular weight is 335 g/mol. The summed E-state index contributed by atoms with van der Waals surface area (Å²) in [5.74, 6) is -0.489. The lowest BCUT2D eigenvalue weighted by Crippen LogP contribution is -2.15. The molecule has 0 aromatic heterocycles. The molecule has 2 rings (SSSR count). The van der Waals surface area contributed by atoms with Gasteiger partial charge in [-0.2, -0.15) is 0 Å². The van der Waals surface area contributed by atoms with Crippen molar-refractivity contribution in [1.29, 1.82) is 0 Å². The van der Waals surface area contributed by atoms with Gasteiger partial charge in [-0.15, -0.1) is 0 Å². The van der Waals surface area contributed by atoms with E-state index in [0.29, 0.717) is 5.69 Å². The summed E-state index contributed by atoms with van der Waals surface area (Å²) >= 11 is 0. The zero-order chi connectivity index (χ0) is 17.0. The summed E-state index contributed by atoms with van der Waals surface area (Å²) in [5.41, 5.74) is 1.55. The number of aryl methyl sites for hydroxylation is 1. The van der Waals surface area contributed by atoms with Crippen LogP contribution >= 0.6 is 0 Å². The highest BCUT2D eigenvalue weighted by Gasteiger charge is 2.22. The smallest absolute Gasteiger partial charge is 0.337 e. The highest BCUT2D eigenvalue weighted by Crippen LogP contribution is 2.27. The lowest BCUT2D eigenvalue weighted by molar-refractivity contribution is 0.0600. The van der Waals surface area contributed by atoms with Crippen LogP contribution in [0.25, 0.3) is 0 Å². The van der Waals surface area contributed by atoms with E-state index in [0.717, 1.165) is 5.56 Å². The molecule has 0 saturated carbocycles. The Kier molecular flexibility index (Phi) is 4.90. The Bertz CT molecular complexity index is 813. The number of carbonyl (C=O) groups excluding carboxylic acids is 1. The standard InChI is InChI=1S/C16H17NO5S/c1-11-4-7-13(8-5-11)17-23(19,20)15-10-12(16(18)22-3)6-9-14(15)21-2/h4-10,17H,1-3H3. The topological polar surface area (TPSA) is 81.7 Å². The normalized spacial score (nSPS) is 10.9. The number of anilines is 1. The lowest BCUT2D eigenvalue weighted by atomic mass is 10.2. The average Bonchev–Trinajstić information content (AvgIpc) is 2.55. The monoisotopic (exact) mass is 335 g/mol. The molecule has 0 atom stereocenters. The Hall–Kier alpha value is -2.54. The Morgan fingerprint density at radius 3 is 2.26 bits per heavy atom. The van der Waals surface area contributed by atoms with Crippen LogP contribution in [0.15, 0.2) is 47.4 Å². The highest BCUT2D eigenvalue weighted by molar-refractivity contribution is 7.92. The first-order valence-corrected chi connectivity index (χ1v) is 8.21. The molecule has 0 spiro atoms. The van der Waals surface area contributed by atoms with Crippen LogP contribution < -0.4 is 9.46 Å². The third-order valence-corrected chi connectivity index (χ3v) is 4.58. The van der Waals surface area contributed by atoms with Gasteiger partial charge in [-0.1, -0.05) is 17.7 Å². The number of esters is 1. The molecule has 0 amide bonds. The van der Waals surface area contributed by atoms with E-state index >= 15 is 0 Å². The Morgan fingerprint density at radius 1 is 1.04 bits per heavy atom. The van der Waals surface area contributed by atoms with Crippen LogP contribution in [-0.2, 0) is 14.8 Å². The van der Waals surface area contributed by atoms with E-state index in [4.69, 9.17) is 4.74 Å². The molecule has 0 bridgehead atoms. The number of hydrogen-bond acceptors (Lipinski definition) is 5. The van der Waals surface area contributed by atoms with Gasteiger partial charge in [0.15, 0.2) is 0 Å². The van der Waals surface area contributed by atoms with Crippen molar-refractivity contribution in [2.45, 2.75) is 11.8 Å². The molecule has 0 saturated heterocycles. The molecule has 0 unspecified atom stereocenters. The van der Waals surface area contributed by atoms with E-state index in [1.54, 1.807) is 24.3 Å². The van der Waals surface area contributed by atoms with Gasteiger partial charge in [0.05, 0.1) is 19.8 Å². The molecule has 7 heteroatoms. The van der Waals surface area contributed by atoms with Crippen molar-refractivity contribution in [2.24, 2.45) is 0 Å². The number of rotatable bonds is 5. The summed E-state index contributed by atoms with van der Waals surface area (Å²) in [6.45, 7) is 1.90. The maximum atomic E-state index is 12.6. The Balaban J connectivity index is 2.44. The fourth-order valence-electron chi connectivity index (χ4n) is 1.96. The van der Waals surface area contributed by atoms with Crippen LogP contribution in [-0.4, -0.2) is 28.6 Å².